The number of rotatable bonds is 2. The monoisotopic (exact) mass is 206 g/mol. The van der Waals surface area contributed by atoms with Crippen molar-refractivity contribution in [2.24, 2.45) is 0 Å². The first-order chi connectivity index (χ1) is 7.08. The SMILES string of the molecule is CC(O)CN1Cc2ccc(N)cc2C1=O. The molecule has 0 aliphatic carbocycles. The second kappa shape index (κ2) is 3.55. The lowest BCUT2D eigenvalue weighted by atomic mass is 10.1. The van der Waals surface area contributed by atoms with Crippen molar-refractivity contribution in [3.8, 4) is 0 Å². The van der Waals surface area contributed by atoms with Gasteiger partial charge in [-0.25, -0.2) is 0 Å². The van der Waals surface area contributed by atoms with Crippen molar-refractivity contribution in [3.63, 3.8) is 0 Å². The Morgan fingerprint density at radius 3 is 3.00 bits per heavy atom. The van der Waals surface area contributed by atoms with Gasteiger partial charge in [-0.1, -0.05) is 6.07 Å². The number of hydrogen-bond acceptors (Lipinski definition) is 3. The Morgan fingerprint density at radius 2 is 2.33 bits per heavy atom. The summed E-state index contributed by atoms with van der Waals surface area (Å²) in [4.78, 5) is 13.5. The minimum Gasteiger partial charge on any atom is -0.399 e. The summed E-state index contributed by atoms with van der Waals surface area (Å²) in [6, 6.07) is 5.35. The number of nitrogens with two attached hydrogens (primary N) is 1. The van der Waals surface area contributed by atoms with Crippen LogP contribution >= 0.6 is 0 Å². The van der Waals surface area contributed by atoms with Gasteiger partial charge in [0.25, 0.3) is 5.91 Å². The van der Waals surface area contributed by atoms with Crippen molar-refractivity contribution < 1.29 is 9.90 Å². The number of fused-ring (bicyclic) bond motifs is 1. The molecule has 0 bridgehead atoms. The molecule has 0 radical (unpaired) electrons. The highest BCUT2D eigenvalue weighted by molar-refractivity contribution is 5.99. The molecule has 15 heavy (non-hydrogen) atoms. The van der Waals surface area contributed by atoms with Crippen LogP contribution in [0.5, 0.6) is 0 Å². The standard InChI is InChI=1S/C11H14N2O2/c1-7(14)5-13-6-8-2-3-9(12)4-10(8)11(13)15/h2-4,7,14H,5-6,12H2,1H3. The van der Waals surface area contributed by atoms with Crippen LogP contribution in [0.25, 0.3) is 0 Å². The number of aliphatic hydroxyl groups is 1. The number of benzene rings is 1. The largest absolute Gasteiger partial charge is 0.399 e. The van der Waals surface area contributed by atoms with Crippen LogP contribution < -0.4 is 5.73 Å². The van der Waals surface area contributed by atoms with Crippen molar-refractivity contribution >= 4 is 11.6 Å². The molecule has 3 N–H and O–H groups in total. The molecule has 1 unspecified atom stereocenters. The van der Waals surface area contributed by atoms with Gasteiger partial charge in [0.1, 0.15) is 0 Å². The van der Waals surface area contributed by atoms with E-state index < -0.39 is 6.10 Å². The Hall–Kier alpha value is -1.55. The molecule has 1 heterocycles. The molecule has 1 amide bonds. The summed E-state index contributed by atoms with van der Waals surface area (Å²) in [5.41, 5.74) is 7.86. The molecule has 0 spiro atoms. The van der Waals surface area contributed by atoms with E-state index in [4.69, 9.17) is 5.73 Å². The summed E-state index contributed by atoms with van der Waals surface area (Å²) in [7, 11) is 0. The van der Waals surface area contributed by atoms with Crippen LogP contribution in [0.1, 0.15) is 22.8 Å². The first-order valence-corrected chi connectivity index (χ1v) is 4.93. The fraction of sp³-hybridized carbons (Fsp3) is 0.364. The number of carbonyl (C=O) groups is 1. The van der Waals surface area contributed by atoms with Gasteiger partial charge in [0, 0.05) is 24.3 Å². The van der Waals surface area contributed by atoms with Gasteiger partial charge in [0.05, 0.1) is 6.10 Å². The van der Waals surface area contributed by atoms with Gasteiger partial charge in [-0.05, 0) is 24.6 Å². The average molecular weight is 206 g/mol. The van der Waals surface area contributed by atoms with E-state index in [-0.39, 0.29) is 5.91 Å². The lowest BCUT2D eigenvalue weighted by molar-refractivity contribution is 0.0672. The number of anilines is 1. The Labute approximate surface area is 88.3 Å². The average Bonchev–Trinajstić information content (AvgIpc) is 2.44. The third-order valence-electron chi connectivity index (χ3n) is 2.50. The lowest BCUT2D eigenvalue weighted by Crippen LogP contribution is -2.31. The van der Waals surface area contributed by atoms with Gasteiger partial charge in [-0.15, -0.1) is 0 Å². The molecule has 0 fully saturated rings. The molecule has 0 saturated heterocycles. The summed E-state index contributed by atoms with van der Waals surface area (Å²) < 4.78 is 0. The summed E-state index contributed by atoms with van der Waals surface area (Å²) in [5.74, 6) is -0.0433. The number of hydrogen-bond donors (Lipinski definition) is 2. The molecular weight excluding hydrogens is 192 g/mol. The predicted molar refractivity (Wildman–Crippen MR) is 57.3 cm³/mol. The van der Waals surface area contributed by atoms with Crippen LogP contribution in [-0.2, 0) is 6.54 Å². The van der Waals surface area contributed by atoms with E-state index in [1.54, 1.807) is 24.0 Å². The molecule has 0 aromatic heterocycles. The number of β-amino-alcohol motifs (C(OH)–C–C–N with tert-alkyl or cyclic N) is 1. The van der Waals surface area contributed by atoms with E-state index in [0.717, 1.165) is 5.56 Å². The molecule has 80 valence electrons. The molecule has 4 nitrogen and oxygen atoms in total. The molecule has 2 rings (SSSR count). The van der Waals surface area contributed by atoms with E-state index in [9.17, 15) is 9.90 Å². The number of amides is 1. The molecule has 4 heteroatoms. The second-order valence-electron chi connectivity index (χ2n) is 3.95. The summed E-state index contributed by atoms with van der Waals surface area (Å²) in [5, 5.41) is 9.25. The first-order valence-electron chi connectivity index (χ1n) is 4.93. The highest BCUT2D eigenvalue weighted by Crippen LogP contribution is 2.24. The number of nitrogen functional groups attached to an aromatic ring is 1. The molecule has 0 saturated carbocycles. The maximum atomic E-state index is 11.8. The van der Waals surface area contributed by atoms with Crippen LogP contribution in [0.3, 0.4) is 0 Å². The number of nitrogens with zero attached hydrogens (tertiary/aromatic N) is 1. The van der Waals surface area contributed by atoms with Crippen LogP contribution in [0.15, 0.2) is 18.2 Å². The highest BCUT2D eigenvalue weighted by Gasteiger charge is 2.27. The van der Waals surface area contributed by atoms with Gasteiger partial charge < -0.3 is 15.7 Å². The lowest BCUT2D eigenvalue weighted by Gasteiger charge is -2.16. The fourth-order valence-electron chi connectivity index (χ4n) is 1.85. The van der Waals surface area contributed by atoms with E-state index in [1.807, 2.05) is 6.07 Å². The third-order valence-corrected chi connectivity index (χ3v) is 2.50. The quantitative estimate of drug-likeness (QED) is 0.696. The van der Waals surface area contributed by atoms with Crippen molar-refractivity contribution in [2.45, 2.75) is 19.6 Å². The number of aliphatic hydroxyl groups excluding tert-OH is 1. The van der Waals surface area contributed by atoms with Gasteiger partial charge in [0.2, 0.25) is 0 Å². The van der Waals surface area contributed by atoms with Crippen molar-refractivity contribution in [1.82, 2.24) is 4.90 Å². The first kappa shape index (κ1) is 9.98. The Kier molecular flexibility index (Phi) is 2.36. The zero-order valence-electron chi connectivity index (χ0n) is 8.60. The molecular formula is C11H14N2O2. The summed E-state index contributed by atoms with van der Waals surface area (Å²) >= 11 is 0. The third kappa shape index (κ3) is 1.80. The smallest absolute Gasteiger partial charge is 0.254 e. The van der Waals surface area contributed by atoms with E-state index >= 15 is 0 Å². The Morgan fingerprint density at radius 1 is 1.60 bits per heavy atom. The molecule has 1 aromatic rings. The maximum Gasteiger partial charge on any atom is 0.254 e. The minimum atomic E-state index is -0.499. The van der Waals surface area contributed by atoms with Crippen LogP contribution in [0, 0.1) is 0 Å². The summed E-state index contributed by atoms with van der Waals surface area (Å²) in [6.45, 7) is 2.61. The van der Waals surface area contributed by atoms with Gasteiger partial charge in [-0.2, -0.15) is 0 Å². The normalized spacial score (nSPS) is 16.7. The van der Waals surface area contributed by atoms with E-state index in [2.05, 4.69) is 0 Å². The van der Waals surface area contributed by atoms with Gasteiger partial charge in [0.15, 0.2) is 0 Å². The van der Waals surface area contributed by atoms with Crippen molar-refractivity contribution in [1.29, 1.82) is 0 Å². The molecule has 1 aromatic carbocycles. The predicted octanol–water partition coefficient (Wildman–Crippen LogP) is 0.605. The minimum absolute atomic E-state index is 0.0433. The zero-order valence-corrected chi connectivity index (χ0v) is 8.60. The molecule has 1 aliphatic rings. The van der Waals surface area contributed by atoms with E-state index in [0.29, 0.717) is 24.3 Å². The van der Waals surface area contributed by atoms with Crippen molar-refractivity contribution in [3.05, 3.63) is 29.3 Å². The van der Waals surface area contributed by atoms with Crippen LogP contribution in [-0.4, -0.2) is 28.6 Å². The number of carbonyl (C=O) groups excluding carboxylic acids is 1. The maximum absolute atomic E-state index is 11.8. The second-order valence-corrected chi connectivity index (χ2v) is 3.95. The van der Waals surface area contributed by atoms with Crippen molar-refractivity contribution in [2.75, 3.05) is 12.3 Å². The van der Waals surface area contributed by atoms with Gasteiger partial charge >= 0.3 is 0 Å². The Bertz CT molecular complexity index is 402. The highest BCUT2D eigenvalue weighted by atomic mass is 16.3. The Balaban J connectivity index is 2.26. The van der Waals surface area contributed by atoms with Gasteiger partial charge in [-0.3, -0.25) is 4.79 Å². The van der Waals surface area contributed by atoms with E-state index in [1.165, 1.54) is 0 Å². The summed E-state index contributed by atoms with van der Waals surface area (Å²) in [6.07, 6.45) is -0.499. The van der Waals surface area contributed by atoms with Crippen LogP contribution in [0.4, 0.5) is 5.69 Å². The zero-order chi connectivity index (χ0) is 11.0. The van der Waals surface area contributed by atoms with Crippen LogP contribution in [0.2, 0.25) is 0 Å². The molecule has 1 atom stereocenters. The topological polar surface area (TPSA) is 66.6 Å². The fourth-order valence-corrected chi connectivity index (χ4v) is 1.85. The molecule has 1 aliphatic heterocycles.